The molecule has 0 aliphatic carbocycles. The van der Waals surface area contributed by atoms with E-state index in [-0.39, 0.29) is 5.56 Å². The molecule has 0 aliphatic heterocycles. The molecule has 184 valence electrons. The smallest absolute Gasteiger partial charge is 0.263 e. The zero-order valence-corrected chi connectivity index (χ0v) is 20.9. The van der Waals surface area contributed by atoms with E-state index in [1.165, 1.54) is 0 Å². The summed E-state index contributed by atoms with van der Waals surface area (Å²) < 4.78 is 1.78. The monoisotopic (exact) mass is 502 g/mol. The Balaban J connectivity index is 1.45. The van der Waals surface area contributed by atoms with Crippen LogP contribution in [0, 0.1) is 0 Å². The summed E-state index contributed by atoms with van der Waals surface area (Å²) in [5.74, 6) is 1.74. The SMILES string of the molecule is O=c1c2ccccc2c2ccccc2n1-c1cccc(-c2nc(-c3ccccc3)nc(-c3ccccc3)n2)c1. The standard InChI is InChI=1S/C34H22N4O/c39-34-29-20-8-7-18-27(29)28-19-9-10-21-30(28)38(34)26-17-11-16-25(22-26)33-36-31(23-12-3-1-4-13-23)35-32(37-33)24-14-5-2-6-15-24/h1-22H. The lowest BCUT2D eigenvalue weighted by molar-refractivity contribution is 1.05. The van der Waals surface area contributed by atoms with Gasteiger partial charge in [0.15, 0.2) is 17.5 Å². The number of hydrogen-bond donors (Lipinski definition) is 0. The Kier molecular flexibility index (Phi) is 5.52. The van der Waals surface area contributed by atoms with Gasteiger partial charge in [0.25, 0.3) is 5.56 Å². The highest BCUT2D eigenvalue weighted by Gasteiger charge is 2.15. The van der Waals surface area contributed by atoms with Gasteiger partial charge in [-0.05, 0) is 29.7 Å². The highest BCUT2D eigenvalue weighted by Crippen LogP contribution is 2.28. The maximum absolute atomic E-state index is 13.8. The molecule has 0 N–H and O–H groups in total. The molecule has 7 rings (SSSR count). The normalized spacial score (nSPS) is 11.2. The molecule has 5 heteroatoms. The van der Waals surface area contributed by atoms with Gasteiger partial charge in [-0.15, -0.1) is 0 Å². The van der Waals surface area contributed by atoms with Gasteiger partial charge >= 0.3 is 0 Å². The van der Waals surface area contributed by atoms with Crippen LogP contribution in [0.2, 0.25) is 0 Å². The number of benzene rings is 5. The third-order valence-electron chi connectivity index (χ3n) is 6.86. The molecule has 0 bridgehead atoms. The van der Waals surface area contributed by atoms with E-state index >= 15 is 0 Å². The van der Waals surface area contributed by atoms with Crippen molar-refractivity contribution in [2.75, 3.05) is 0 Å². The second-order valence-electron chi connectivity index (χ2n) is 9.29. The minimum atomic E-state index is -0.0629. The highest BCUT2D eigenvalue weighted by atomic mass is 16.1. The molecular weight excluding hydrogens is 480 g/mol. The van der Waals surface area contributed by atoms with Crippen LogP contribution in [0.5, 0.6) is 0 Å². The lowest BCUT2D eigenvalue weighted by atomic mass is 10.1. The molecule has 5 nitrogen and oxygen atoms in total. The summed E-state index contributed by atoms with van der Waals surface area (Å²) in [6.07, 6.45) is 0. The minimum absolute atomic E-state index is 0.0629. The van der Waals surface area contributed by atoms with Crippen LogP contribution in [-0.4, -0.2) is 19.5 Å². The number of hydrogen-bond acceptors (Lipinski definition) is 4. The maximum atomic E-state index is 13.8. The van der Waals surface area contributed by atoms with E-state index in [1.807, 2.05) is 127 Å². The number of pyridine rings is 1. The first-order valence-electron chi connectivity index (χ1n) is 12.8. The van der Waals surface area contributed by atoms with Crippen molar-refractivity contribution in [2.45, 2.75) is 0 Å². The fourth-order valence-corrected chi connectivity index (χ4v) is 5.01. The van der Waals surface area contributed by atoms with Crippen LogP contribution >= 0.6 is 0 Å². The molecule has 0 unspecified atom stereocenters. The molecule has 0 atom stereocenters. The second-order valence-corrected chi connectivity index (χ2v) is 9.29. The Morgan fingerprint density at radius 3 is 1.56 bits per heavy atom. The summed E-state index contributed by atoms with van der Waals surface area (Å²) in [7, 11) is 0. The van der Waals surface area contributed by atoms with Gasteiger partial charge in [0, 0.05) is 33.2 Å². The van der Waals surface area contributed by atoms with Crippen molar-refractivity contribution in [3.05, 3.63) is 144 Å². The number of para-hydroxylation sites is 1. The Labute approximate surface area is 224 Å². The van der Waals surface area contributed by atoms with Gasteiger partial charge in [0.05, 0.1) is 5.52 Å². The molecule has 2 aromatic heterocycles. The molecule has 39 heavy (non-hydrogen) atoms. The first kappa shape index (κ1) is 22.8. The van der Waals surface area contributed by atoms with Crippen LogP contribution in [0.4, 0.5) is 0 Å². The van der Waals surface area contributed by atoms with Crippen molar-refractivity contribution in [1.82, 2.24) is 19.5 Å². The number of nitrogens with zero attached hydrogens (tertiary/aromatic N) is 4. The molecule has 0 amide bonds. The lowest BCUT2D eigenvalue weighted by Gasteiger charge is -2.14. The summed E-state index contributed by atoms with van der Waals surface area (Å²) in [5.41, 5.74) is 4.16. The topological polar surface area (TPSA) is 60.7 Å². The molecule has 0 spiro atoms. The van der Waals surface area contributed by atoms with E-state index in [0.29, 0.717) is 22.9 Å². The van der Waals surface area contributed by atoms with Gasteiger partial charge in [-0.1, -0.05) is 109 Å². The van der Waals surface area contributed by atoms with Crippen LogP contribution < -0.4 is 5.56 Å². The van der Waals surface area contributed by atoms with Crippen LogP contribution in [-0.2, 0) is 0 Å². The number of fused-ring (bicyclic) bond motifs is 3. The summed E-state index contributed by atoms with van der Waals surface area (Å²) in [4.78, 5) is 28.3. The van der Waals surface area contributed by atoms with Gasteiger partial charge < -0.3 is 0 Å². The van der Waals surface area contributed by atoms with Gasteiger partial charge in [-0.25, -0.2) is 15.0 Å². The fraction of sp³-hybridized carbons (Fsp3) is 0. The third kappa shape index (κ3) is 4.06. The van der Waals surface area contributed by atoms with E-state index in [9.17, 15) is 4.79 Å². The first-order chi connectivity index (χ1) is 19.3. The van der Waals surface area contributed by atoms with E-state index in [1.54, 1.807) is 4.57 Å². The zero-order valence-electron chi connectivity index (χ0n) is 20.9. The molecule has 0 saturated carbocycles. The van der Waals surface area contributed by atoms with Gasteiger partial charge in [-0.3, -0.25) is 9.36 Å². The van der Waals surface area contributed by atoms with Gasteiger partial charge in [0.1, 0.15) is 0 Å². The van der Waals surface area contributed by atoms with Crippen molar-refractivity contribution in [2.24, 2.45) is 0 Å². The second kappa shape index (κ2) is 9.47. The molecule has 0 fully saturated rings. The van der Waals surface area contributed by atoms with E-state index < -0.39 is 0 Å². The molecular formula is C34H22N4O. The summed E-state index contributed by atoms with van der Waals surface area (Å²) in [6, 6.07) is 43.4. The Hall–Kier alpha value is -5.42. The highest BCUT2D eigenvalue weighted by molar-refractivity contribution is 6.06. The Morgan fingerprint density at radius 2 is 0.923 bits per heavy atom. The van der Waals surface area contributed by atoms with Crippen molar-refractivity contribution in [3.63, 3.8) is 0 Å². The molecule has 2 heterocycles. The third-order valence-corrected chi connectivity index (χ3v) is 6.86. The van der Waals surface area contributed by atoms with Crippen LogP contribution in [0.25, 0.3) is 61.5 Å². The predicted octanol–water partition coefficient (Wildman–Crippen LogP) is 7.33. The molecule has 7 aromatic rings. The van der Waals surface area contributed by atoms with E-state index in [4.69, 9.17) is 15.0 Å². The van der Waals surface area contributed by atoms with Crippen molar-refractivity contribution >= 4 is 21.7 Å². The van der Waals surface area contributed by atoms with E-state index in [0.717, 1.165) is 38.7 Å². The Morgan fingerprint density at radius 1 is 0.436 bits per heavy atom. The largest absolute Gasteiger partial charge is 0.276 e. The molecule has 5 aromatic carbocycles. The average Bonchev–Trinajstić information content (AvgIpc) is 3.02. The Bertz CT molecular complexity index is 1980. The molecule has 0 aliphatic rings. The van der Waals surface area contributed by atoms with Crippen LogP contribution in [0.3, 0.4) is 0 Å². The predicted molar refractivity (Wildman–Crippen MR) is 157 cm³/mol. The van der Waals surface area contributed by atoms with Gasteiger partial charge in [0.2, 0.25) is 0 Å². The quantitative estimate of drug-likeness (QED) is 0.236. The maximum Gasteiger partial charge on any atom is 0.263 e. The average molecular weight is 503 g/mol. The fourth-order valence-electron chi connectivity index (χ4n) is 5.01. The molecule has 0 saturated heterocycles. The summed E-state index contributed by atoms with van der Waals surface area (Å²) >= 11 is 0. The lowest BCUT2D eigenvalue weighted by Crippen LogP contribution is -2.19. The summed E-state index contributed by atoms with van der Waals surface area (Å²) in [6.45, 7) is 0. The minimum Gasteiger partial charge on any atom is -0.276 e. The van der Waals surface area contributed by atoms with E-state index in [2.05, 4.69) is 6.07 Å². The van der Waals surface area contributed by atoms with Gasteiger partial charge in [-0.2, -0.15) is 0 Å². The summed E-state index contributed by atoms with van der Waals surface area (Å²) in [5, 5.41) is 2.65. The van der Waals surface area contributed by atoms with Crippen molar-refractivity contribution < 1.29 is 0 Å². The zero-order chi connectivity index (χ0) is 26.2. The number of aromatic nitrogens is 4. The molecule has 0 radical (unpaired) electrons. The van der Waals surface area contributed by atoms with Crippen molar-refractivity contribution in [3.8, 4) is 39.9 Å². The number of rotatable bonds is 4. The van der Waals surface area contributed by atoms with Crippen LogP contribution in [0.15, 0.2) is 138 Å². The van der Waals surface area contributed by atoms with Crippen LogP contribution in [0.1, 0.15) is 0 Å². The van der Waals surface area contributed by atoms with Crippen molar-refractivity contribution in [1.29, 1.82) is 0 Å². The first-order valence-corrected chi connectivity index (χ1v) is 12.8.